The molecule has 2 bridgehead atoms. The maximum atomic E-state index is 13.4. The van der Waals surface area contributed by atoms with Crippen LogP contribution in [0, 0.1) is 23.7 Å². The number of nitrogens with zero attached hydrogens (tertiary/aromatic N) is 2. The van der Waals surface area contributed by atoms with Crippen molar-refractivity contribution >= 4 is 5.91 Å². The van der Waals surface area contributed by atoms with Crippen LogP contribution < -0.4 is 4.74 Å². The second-order valence-electron chi connectivity index (χ2n) is 11.2. The molecular formula is C26H40N2O2. The van der Waals surface area contributed by atoms with Crippen LogP contribution in [-0.2, 0) is 11.3 Å². The van der Waals surface area contributed by atoms with E-state index < -0.39 is 0 Å². The molecule has 1 aromatic rings. The van der Waals surface area contributed by atoms with Crippen molar-refractivity contribution in [3.8, 4) is 5.75 Å². The molecule has 2 heterocycles. The molecule has 1 aromatic carbocycles. The molecule has 2 aliphatic heterocycles. The largest absolute Gasteiger partial charge is 0.494 e. The van der Waals surface area contributed by atoms with Gasteiger partial charge in [0.1, 0.15) is 5.75 Å². The molecule has 0 aromatic heterocycles. The van der Waals surface area contributed by atoms with Gasteiger partial charge in [0.25, 0.3) is 0 Å². The second kappa shape index (κ2) is 8.18. The van der Waals surface area contributed by atoms with Gasteiger partial charge in [0, 0.05) is 25.0 Å². The lowest BCUT2D eigenvalue weighted by atomic mass is 9.65. The van der Waals surface area contributed by atoms with E-state index in [-0.39, 0.29) is 5.92 Å². The van der Waals surface area contributed by atoms with Crippen molar-refractivity contribution in [1.29, 1.82) is 0 Å². The molecule has 30 heavy (non-hydrogen) atoms. The quantitative estimate of drug-likeness (QED) is 0.680. The maximum absolute atomic E-state index is 13.4. The number of hydrogen-bond acceptors (Lipinski definition) is 3. The average Bonchev–Trinajstić information content (AvgIpc) is 2.94. The van der Waals surface area contributed by atoms with Crippen LogP contribution >= 0.6 is 0 Å². The Kier molecular flexibility index (Phi) is 5.91. The Morgan fingerprint density at radius 3 is 2.60 bits per heavy atom. The summed E-state index contributed by atoms with van der Waals surface area (Å²) >= 11 is 0. The first-order chi connectivity index (χ1) is 14.2. The number of benzene rings is 1. The van der Waals surface area contributed by atoms with E-state index in [1.165, 1.54) is 30.4 Å². The van der Waals surface area contributed by atoms with Gasteiger partial charge in [-0.2, -0.15) is 0 Å². The van der Waals surface area contributed by atoms with Gasteiger partial charge < -0.3 is 9.64 Å². The summed E-state index contributed by atoms with van der Waals surface area (Å²) in [4.78, 5) is 18.2. The van der Waals surface area contributed by atoms with Gasteiger partial charge in [-0.3, -0.25) is 9.69 Å². The lowest BCUT2D eigenvalue weighted by molar-refractivity contribution is -0.138. The van der Waals surface area contributed by atoms with E-state index in [0.717, 1.165) is 44.8 Å². The summed E-state index contributed by atoms with van der Waals surface area (Å²) in [7, 11) is 0. The molecule has 1 amide bonds. The van der Waals surface area contributed by atoms with Gasteiger partial charge in [0.05, 0.1) is 6.61 Å². The van der Waals surface area contributed by atoms with Gasteiger partial charge in [-0.05, 0) is 87.1 Å². The van der Waals surface area contributed by atoms with Crippen molar-refractivity contribution in [2.24, 2.45) is 16.7 Å². The first-order valence-corrected chi connectivity index (χ1v) is 11.9. The van der Waals surface area contributed by atoms with E-state index in [1.54, 1.807) is 0 Å². The summed E-state index contributed by atoms with van der Waals surface area (Å²) in [5, 5.41) is 0. The molecule has 1 aliphatic carbocycles. The minimum atomic E-state index is 0.211. The molecule has 4 heteroatoms. The monoisotopic (exact) mass is 412 g/mol. The minimum absolute atomic E-state index is 0.211. The summed E-state index contributed by atoms with van der Waals surface area (Å²) in [5.74, 6) is 1.65. The molecule has 4 nitrogen and oxygen atoms in total. The van der Waals surface area contributed by atoms with Crippen molar-refractivity contribution < 1.29 is 9.53 Å². The van der Waals surface area contributed by atoms with Crippen molar-refractivity contribution in [2.45, 2.75) is 79.3 Å². The standard InChI is InChI=1S/C26H40N2O2/c1-6-30-23-9-7-8-21(19(23)2)16-27-12-10-20(11-13-27)24(29)28-18-26(5)15-22(28)14-25(3,4)17-26/h7-9,20,22H,6,10-18H2,1-5H3. The molecule has 0 N–H and O–H groups in total. The number of carbonyl (C=O) groups excluding carboxylic acids is 1. The molecule has 3 fully saturated rings. The Morgan fingerprint density at radius 1 is 1.17 bits per heavy atom. The van der Waals surface area contributed by atoms with Gasteiger partial charge in [-0.25, -0.2) is 0 Å². The van der Waals surface area contributed by atoms with Crippen LogP contribution in [0.25, 0.3) is 0 Å². The summed E-state index contributed by atoms with van der Waals surface area (Å²) in [6, 6.07) is 6.83. The van der Waals surface area contributed by atoms with Crippen molar-refractivity contribution in [3.05, 3.63) is 29.3 Å². The minimum Gasteiger partial charge on any atom is -0.494 e. The first kappa shape index (κ1) is 21.7. The SMILES string of the molecule is CCOc1cccc(CN2CCC(C(=O)N3CC4(C)CC3CC(C)(C)C4)CC2)c1C. The smallest absolute Gasteiger partial charge is 0.226 e. The van der Waals surface area contributed by atoms with Gasteiger partial charge in [-0.1, -0.05) is 32.9 Å². The van der Waals surface area contributed by atoms with Crippen LogP contribution in [0.3, 0.4) is 0 Å². The molecule has 2 unspecified atom stereocenters. The molecule has 166 valence electrons. The van der Waals surface area contributed by atoms with Crippen molar-refractivity contribution in [1.82, 2.24) is 9.80 Å². The number of ether oxygens (including phenoxy) is 1. The van der Waals surface area contributed by atoms with Gasteiger partial charge in [0.15, 0.2) is 0 Å². The summed E-state index contributed by atoms with van der Waals surface area (Å²) in [6.07, 6.45) is 5.61. The maximum Gasteiger partial charge on any atom is 0.226 e. The Balaban J connectivity index is 1.34. The third-order valence-electron chi connectivity index (χ3n) is 7.72. The number of fused-ring (bicyclic) bond motifs is 2. The molecule has 2 saturated heterocycles. The van der Waals surface area contributed by atoms with Crippen LogP contribution in [-0.4, -0.2) is 48.0 Å². The van der Waals surface area contributed by atoms with Gasteiger partial charge in [-0.15, -0.1) is 0 Å². The van der Waals surface area contributed by atoms with E-state index in [1.807, 2.05) is 6.92 Å². The normalized spacial score (nSPS) is 29.2. The summed E-state index contributed by atoms with van der Waals surface area (Å²) in [5.41, 5.74) is 3.28. The van der Waals surface area contributed by atoms with Crippen LogP contribution in [0.5, 0.6) is 5.75 Å². The Bertz CT molecular complexity index is 781. The van der Waals surface area contributed by atoms with Crippen LogP contribution in [0.1, 0.15) is 70.9 Å². The summed E-state index contributed by atoms with van der Waals surface area (Å²) < 4.78 is 5.76. The summed E-state index contributed by atoms with van der Waals surface area (Å²) in [6.45, 7) is 16.0. The highest BCUT2D eigenvalue weighted by molar-refractivity contribution is 5.79. The molecular weight excluding hydrogens is 372 g/mol. The Labute approximate surface area is 183 Å². The fraction of sp³-hybridized carbons (Fsp3) is 0.731. The first-order valence-electron chi connectivity index (χ1n) is 11.9. The lowest BCUT2D eigenvalue weighted by Crippen LogP contribution is -2.44. The molecule has 0 radical (unpaired) electrons. The zero-order valence-corrected chi connectivity index (χ0v) is 19.7. The lowest BCUT2D eigenvalue weighted by Gasteiger charge is -2.40. The average molecular weight is 413 g/mol. The van der Waals surface area contributed by atoms with Crippen LogP contribution in [0.2, 0.25) is 0 Å². The number of rotatable bonds is 5. The molecule has 1 saturated carbocycles. The van der Waals surface area contributed by atoms with Crippen molar-refractivity contribution in [2.75, 3.05) is 26.2 Å². The highest BCUT2D eigenvalue weighted by Crippen LogP contribution is 2.52. The second-order valence-corrected chi connectivity index (χ2v) is 11.2. The van der Waals surface area contributed by atoms with E-state index >= 15 is 0 Å². The van der Waals surface area contributed by atoms with E-state index in [0.29, 0.717) is 29.4 Å². The Morgan fingerprint density at radius 2 is 1.90 bits per heavy atom. The molecule has 4 rings (SSSR count). The van der Waals surface area contributed by atoms with Crippen LogP contribution in [0.4, 0.5) is 0 Å². The van der Waals surface area contributed by atoms with E-state index in [9.17, 15) is 4.79 Å². The zero-order chi connectivity index (χ0) is 21.5. The molecule has 2 atom stereocenters. The number of amides is 1. The fourth-order valence-corrected chi connectivity index (χ4v) is 6.67. The van der Waals surface area contributed by atoms with Crippen LogP contribution in [0.15, 0.2) is 18.2 Å². The van der Waals surface area contributed by atoms with Crippen molar-refractivity contribution in [3.63, 3.8) is 0 Å². The predicted octanol–water partition coefficient (Wildman–Crippen LogP) is 5.03. The number of piperidine rings is 1. The predicted molar refractivity (Wildman–Crippen MR) is 122 cm³/mol. The van der Waals surface area contributed by atoms with E-state index in [2.05, 4.69) is 55.7 Å². The fourth-order valence-electron chi connectivity index (χ4n) is 6.67. The van der Waals surface area contributed by atoms with Gasteiger partial charge in [0.2, 0.25) is 5.91 Å². The topological polar surface area (TPSA) is 32.8 Å². The molecule has 0 spiro atoms. The third-order valence-corrected chi connectivity index (χ3v) is 7.72. The van der Waals surface area contributed by atoms with Gasteiger partial charge >= 0.3 is 0 Å². The highest BCUT2D eigenvalue weighted by Gasteiger charge is 2.51. The number of likely N-dealkylation sites (tertiary alicyclic amines) is 2. The molecule has 3 aliphatic rings. The number of hydrogen-bond donors (Lipinski definition) is 0. The number of carbonyl (C=O) groups is 1. The third kappa shape index (κ3) is 4.39. The highest BCUT2D eigenvalue weighted by atomic mass is 16.5. The zero-order valence-electron chi connectivity index (χ0n) is 19.7. The Hall–Kier alpha value is -1.55. The van der Waals surface area contributed by atoms with E-state index in [4.69, 9.17) is 4.74 Å².